The van der Waals surface area contributed by atoms with E-state index in [0.29, 0.717) is 42.9 Å². The lowest BCUT2D eigenvalue weighted by atomic mass is 9.95. The summed E-state index contributed by atoms with van der Waals surface area (Å²) >= 11 is 6.86. The van der Waals surface area contributed by atoms with E-state index in [-0.39, 0.29) is 39.3 Å². The monoisotopic (exact) mass is 591 g/mol. The summed E-state index contributed by atoms with van der Waals surface area (Å²) in [6.45, 7) is 4.42. The predicted octanol–water partition coefficient (Wildman–Crippen LogP) is 4.97. The van der Waals surface area contributed by atoms with Crippen molar-refractivity contribution in [3.05, 3.63) is 53.3 Å². The molecule has 220 valence electrons. The molecule has 0 radical (unpaired) electrons. The number of hydrogen-bond donors (Lipinski definition) is 3. The Balaban J connectivity index is 1.38. The standard InChI is InChI=1S/C32H35ClFN5O3/c1-31-15-39(14-19(37-31)11-25(31)41)29-23-13-24(33)26(22-12-20(40)10-18-6-4-5-7-21(18)22)27(34)28(23)35-30(36-29)42-17-32(8-9-32)16-38(2)3/h4-7,10,12-13,19,25,37,40-41H,8-9,11,14-17H2,1-3H3. The number of piperazine rings is 1. The molecule has 3 unspecified atom stereocenters. The first kappa shape index (κ1) is 27.6. The van der Waals surface area contributed by atoms with Crippen molar-refractivity contribution in [1.82, 2.24) is 20.2 Å². The van der Waals surface area contributed by atoms with Crippen molar-refractivity contribution in [3.8, 4) is 22.9 Å². The van der Waals surface area contributed by atoms with Crippen LogP contribution in [0.2, 0.25) is 5.02 Å². The summed E-state index contributed by atoms with van der Waals surface area (Å²) in [5, 5.41) is 27.0. The number of phenols is 1. The summed E-state index contributed by atoms with van der Waals surface area (Å²) in [7, 11) is 4.09. The maximum absolute atomic E-state index is 16.8. The van der Waals surface area contributed by atoms with Crippen LogP contribution in [0.25, 0.3) is 32.8 Å². The molecule has 0 amide bonds. The number of nitrogens with zero attached hydrogens (tertiary/aromatic N) is 4. The number of benzene rings is 3. The van der Waals surface area contributed by atoms with Crippen molar-refractivity contribution >= 4 is 39.1 Å². The average Bonchev–Trinajstić information content (AvgIpc) is 3.65. The van der Waals surface area contributed by atoms with Crippen LogP contribution in [0.15, 0.2) is 42.5 Å². The highest BCUT2D eigenvalue weighted by Gasteiger charge is 2.48. The van der Waals surface area contributed by atoms with Gasteiger partial charge in [-0.05, 0) is 74.8 Å². The van der Waals surface area contributed by atoms with Crippen molar-refractivity contribution in [1.29, 1.82) is 0 Å². The summed E-state index contributed by atoms with van der Waals surface area (Å²) in [5.74, 6) is -0.0432. The van der Waals surface area contributed by atoms with Gasteiger partial charge < -0.3 is 30.1 Å². The smallest absolute Gasteiger partial charge is 0.319 e. The summed E-state index contributed by atoms with van der Waals surface area (Å²) in [4.78, 5) is 13.7. The maximum atomic E-state index is 16.8. The SMILES string of the molecule is CN(C)CC1(COc2nc(N3CC4CC(O)C(C)(C3)N4)c3cc(Cl)c(-c4cc(O)cc5ccccc45)c(F)c3n2)CC1. The molecule has 8 nitrogen and oxygen atoms in total. The normalized spacial score (nSPS) is 24.6. The van der Waals surface area contributed by atoms with Gasteiger partial charge >= 0.3 is 6.01 Å². The van der Waals surface area contributed by atoms with Gasteiger partial charge in [0.1, 0.15) is 17.1 Å². The van der Waals surface area contributed by atoms with E-state index in [9.17, 15) is 10.2 Å². The van der Waals surface area contributed by atoms with Gasteiger partial charge in [0.15, 0.2) is 5.82 Å². The van der Waals surface area contributed by atoms with Crippen molar-refractivity contribution in [2.75, 3.05) is 45.2 Å². The Hall–Kier alpha value is -3.24. The number of aromatic hydroxyl groups is 1. The Morgan fingerprint density at radius 3 is 2.69 bits per heavy atom. The zero-order valence-corrected chi connectivity index (χ0v) is 24.7. The molecule has 2 bridgehead atoms. The summed E-state index contributed by atoms with van der Waals surface area (Å²) < 4.78 is 23.0. The molecule has 7 rings (SSSR count). The Morgan fingerprint density at radius 1 is 1.17 bits per heavy atom. The van der Waals surface area contributed by atoms with Crippen LogP contribution in [0, 0.1) is 11.2 Å². The first-order valence-corrected chi connectivity index (χ1v) is 14.8. The van der Waals surface area contributed by atoms with E-state index in [1.54, 1.807) is 12.1 Å². The van der Waals surface area contributed by atoms with E-state index in [1.807, 2.05) is 45.3 Å². The molecule has 3 aliphatic rings. The molecule has 2 saturated heterocycles. The largest absolute Gasteiger partial charge is 0.508 e. The second-order valence-electron chi connectivity index (χ2n) is 12.9. The molecule has 10 heteroatoms. The Morgan fingerprint density at radius 2 is 1.95 bits per heavy atom. The zero-order chi connectivity index (χ0) is 29.4. The molecule has 0 spiro atoms. The number of aliphatic hydroxyl groups excluding tert-OH is 1. The average molecular weight is 592 g/mol. The molecule has 4 aromatic rings. The van der Waals surface area contributed by atoms with Crippen molar-refractivity contribution in [3.63, 3.8) is 0 Å². The number of aliphatic hydroxyl groups is 1. The molecule has 1 aliphatic carbocycles. The van der Waals surface area contributed by atoms with Gasteiger partial charge in [0.2, 0.25) is 0 Å². The van der Waals surface area contributed by atoms with E-state index in [1.165, 1.54) is 6.07 Å². The quantitative estimate of drug-likeness (QED) is 0.277. The molecule has 3 fully saturated rings. The predicted molar refractivity (Wildman–Crippen MR) is 163 cm³/mol. The highest BCUT2D eigenvalue weighted by molar-refractivity contribution is 6.35. The number of ether oxygens (including phenoxy) is 1. The van der Waals surface area contributed by atoms with Crippen molar-refractivity contribution in [2.45, 2.75) is 43.9 Å². The third-order valence-corrected chi connectivity index (χ3v) is 9.41. The van der Waals surface area contributed by atoms with Gasteiger partial charge in [0.05, 0.1) is 23.3 Å². The minimum Gasteiger partial charge on any atom is -0.508 e. The highest BCUT2D eigenvalue weighted by Crippen LogP contribution is 2.47. The van der Waals surface area contributed by atoms with Gasteiger partial charge in [-0.15, -0.1) is 0 Å². The fourth-order valence-corrected chi connectivity index (χ4v) is 7.23. The fourth-order valence-electron chi connectivity index (χ4n) is 6.94. The van der Waals surface area contributed by atoms with E-state index in [0.717, 1.165) is 30.2 Å². The minimum atomic E-state index is -0.597. The highest BCUT2D eigenvalue weighted by atomic mass is 35.5. The van der Waals surface area contributed by atoms with Crippen LogP contribution in [-0.4, -0.2) is 83.1 Å². The van der Waals surface area contributed by atoms with Crippen LogP contribution in [0.4, 0.5) is 10.2 Å². The maximum Gasteiger partial charge on any atom is 0.319 e. The van der Waals surface area contributed by atoms with Crippen LogP contribution >= 0.6 is 11.6 Å². The van der Waals surface area contributed by atoms with Gasteiger partial charge in [-0.2, -0.15) is 9.97 Å². The molecular formula is C32H35ClFN5O3. The lowest BCUT2D eigenvalue weighted by Crippen LogP contribution is -2.61. The molecule has 3 aromatic carbocycles. The van der Waals surface area contributed by atoms with Gasteiger partial charge in [-0.1, -0.05) is 35.9 Å². The first-order valence-electron chi connectivity index (χ1n) is 14.4. The van der Waals surface area contributed by atoms with Gasteiger partial charge in [0.25, 0.3) is 0 Å². The van der Waals surface area contributed by atoms with Crippen LogP contribution in [0.1, 0.15) is 26.2 Å². The molecule has 3 atom stereocenters. The van der Waals surface area contributed by atoms with Gasteiger partial charge in [-0.3, -0.25) is 0 Å². The van der Waals surface area contributed by atoms with E-state index < -0.39 is 17.5 Å². The first-order chi connectivity index (χ1) is 20.0. The lowest BCUT2D eigenvalue weighted by Gasteiger charge is -2.41. The molecular weight excluding hydrogens is 557 g/mol. The summed E-state index contributed by atoms with van der Waals surface area (Å²) in [5.41, 5.74) is 0.277. The summed E-state index contributed by atoms with van der Waals surface area (Å²) in [6, 6.07) is 12.6. The van der Waals surface area contributed by atoms with E-state index >= 15 is 4.39 Å². The second kappa shape index (κ2) is 9.91. The van der Waals surface area contributed by atoms with Crippen molar-refractivity contribution in [2.24, 2.45) is 5.41 Å². The van der Waals surface area contributed by atoms with Gasteiger partial charge in [-0.25, -0.2) is 4.39 Å². The van der Waals surface area contributed by atoms with Crippen LogP contribution < -0.4 is 15.0 Å². The fraction of sp³-hybridized carbons (Fsp3) is 0.438. The van der Waals surface area contributed by atoms with E-state index in [4.69, 9.17) is 21.3 Å². The molecule has 1 saturated carbocycles. The van der Waals surface area contributed by atoms with Crippen LogP contribution in [0.3, 0.4) is 0 Å². The van der Waals surface area contributed by atoms with E-state index in [2.05, 4.69) is 20.1 Å². The second-order valence-corrected chi connectivity index (χ2v) is 13.3. The number of fused-ring (bicyclic) bond motifs is 4. The third kappa shape index (κ3) is 4.72. The topological polar surface area (TPSA) is 94.0 Å². The summed E-state index contributed by atoms with van der Waals surface area (Å²) in [6.07, 6.45) is 2.25. The number of halogens is 2. The Kier molecular flexibility index (Phi) is 6.51. The van der Waals surface area contributed by atoms with Crippen LogP contribution in [-0.2, 0) is 0 Å². The number of aromatic nitrogens is 2. The number of phenolic OH excluding ortho intramolecular Hbond substituents is 1. The molecule has 2 aliphatic heterocycles. The van der Waals surface area contributed by atoms with Gasteiger partial charge in [0, 0.05) is 42.0 Å². The molecule has 3 N–H and O–H groups in total. The minimum absolute atomic E-state index is 0.0189. The number of nitrogens with one attached hydrogen (secondary N) is 1. The zero-order valence-electron chi connectivity index (χ0n) is 24.0. The number of rotatable bonds is 7. The third-order valence-electron chi connectivity index (χ3n) is 9.11. The number of hydrogen-bond acceptors (Lipinski definition) is 8. The molecule has 42 heavy (non-hydrogen) atoms. The number of anilines is 1. The Bertz CT molecular complexity index is 1710. The van der Waals surface area contributed by atoms with Crippen molar-refractivity contribution < 1.29 is 19.3 Å². The molecule has 1 aromatic heterocycles. The lowest BCUT2D eigenvalue weighted by molar-refractivity contribution is 0.111. The van der Waals surface area contributed by atoms with Crippen LogP contribution in [0.5, 0.6) is 11.8 Å². The Labute approximate surface area is 249 Å². The molecule has 3 heterocycles.